The maximum Gasteiger partial charge on any atom is 0.322 e. The lowest BCUT2D eigenvalue weighted by atomic mass is 10.2. The number of benzene rings is 1. The number of pyridine rings is 1. The Kier molecular flexibility index (Phi) is 5.95. The van der Waals surface area contributed by atoms with Gasteiger partial charge in [-0.15, -0.1) is 0 Å². The summed E-state index contributed by atoms with van der Waals surface area (Å²) >= 11 is 0. The minimum absolute atomic E-state index is 0.240. The smallest absolute Gasteiger partial charge is 0.322 e. The van der Waals surface area contributed by atoms with Crippen molar-refractivity contribution in [3.63, 3.8) is 0 Å². The third kappa shape index (κ3) is 4.58. The lowest BCUT2D eigenvalue weighted by Crippen LogP contribution is -2.50. The zero-order valence-electron chi connectivity index (χ0n) is 15.4. The average Bonchev–Trinajstić information content (AvgIpc) is 2.70. The minimum atomic E-state index is -0.416. The van der Waals surface area contributed by atoms with Crippen molar-refractivity contribution in [2.45, 2.75) is 6.92 Å². The summed E-state index contributed by atoms with van der Waals surface area (Å²) in [5.41, 5.74) is 0.442. The van der Waals surface area contributed by atoms with Crippen molar-refractivity contribution >= 4 is 17.5 Å². The van der Waals surface area contributed by atoms with Gasteiger partial charge in [-0.05, 0) is 25.1 Å². The van der Waals surface area contributed by atoms with Crippen molar-refractivity contribution in [3.8, 4) is 11.6 Å². The van der Waals surface area contributed by atoms with Crippen molar-refractivity contribution in [2.24, 2.45) is 0 Å². The number of carbonyl (C=O) groups is 1. The van der Waals surface area contributed by atoms with E-state index >= 15 is 0 Å². The molecule has 0 radical (unpaired) electrons. The summed E-state index contributed by atoms with van der Waals surface area (Å²) in [6.07, 6.45) is 0. The molecule has 1 fully saturated rings. The van der Waals surface area contributed by atoms with E-state index in [2.05, 4.69) is 15.2 Å². The number of ether oxygens (including phenoxy) is 2. The molecule has 0 saturated carbocycles. The number of methoxy groups -OCH3 is 1. The molecule has 1 N–H and O–H groups in total. The number of amides is 2. The highest BCUT2D eigenvalue weighted by Crippen LogP contribution is 2.25. The standard InChI is InChI=1S/C19H23FN4O3/c1-3-27-18-6-4-5-17(22-18)23-9-11-24(12-10-23)19(25)21-15-8-7-14(20)13-16(15)26-2/h4-8,13H,3,9-12H2,1-2H3,(H,21,25). The highest BCUT2D eigenvalue weighted by Gasteiger charge is 2.23. The summed E-state index contributed by atoms with van der Waals surface area (Å²) in [4.78, 5) is 20.8. The van der Waals surface area contributed by atoms with Crippen LogP contribution in [-0.4, -0.2) is 55.8 Å². The van der Waals surface area contributed by atoms with Crippen LogP contribution in [0.25, 0.3) is 0 Å². The Balaban J connectivity index is 1.59. The Hall–Kier alpha value is -3.03. The lowest BCUT2D eigenvalue weighted by molar-refractivity contribution is 0.208. The first-order valence-electron chi connectivity index (χ1n) is 8.85. The Morgan fingerprint density at radius 3 is 2.70 bits per heavy atom. The molecule has 2 heterocycles. The predicted octanol–water partition coefficient (Wildman–Crippen LogP) is 2.98. The van der Waals surface area contributed by atoms with Crippen molar-refractivity contribution in [1.29, 1.82) is 0 Å². The number of nitrogens with one attached hydrogen (secondary N) is 1. The van der Waals surface area contributed by atoms with E-state index in [9.17, 15) is 9.18 Å². The Labute approximate surface area is 157 Å². The Morgan fingerprint density at radius 1 is 1.22 bits per heavy atom. The van der Waals surface area contributed by atoms with Crippen LogP contribution in [0.2, 0.25) is 0 Å². The molecule has 2 amide bonds. The first-order valence-corrected chi connectivity index (χ1v) is 8.85. The highest BCUT2D eigenvalue weighted by molar-refractivity contribution is 5.91. The number of nitrogens with zero attached hydrogens (tertiary/aromatic N) is 3. The van der Waals surface area contributed by atoms with E-state index in [4.69, 9.17) is 9.47 Å². The van der Waals surface area contributed by atoms with Crippen LogP contribution in [0.5, 0.6) is 11.6 Å². The zero-order valence-corrected chi connectivity index (χ0v) is 15.4. The van der Waals surface area contributed by atoms with Crippen LogP contribution in [0.3, 0.4) is 0 Å². The SMILES string of the molecule is CCOc1cccc(N2CCN(C(=O)Nc3ccc(F)cc3OC)CC2)n1. The second-order valence-electron chi connectivity index (χ2n) is 6.02. The van der Waals surface area contributed by atoms with Crippen molar-refractivity contribution in [2.75, 3.05) is 50.1 Å². The van der Waals surface area contributed by atoms with Gasteiger partial charge < -0.3 is 24.6 Å². The molecule has 0 atom stereocenters. The lowest BCUT2D eigenvalue weighted by Gasteiger charge is -2.35. The van der Waals surface area contributed by atoms with Gasteiger partial charge in [0.15, 0.2) is 0 Å². The molecule has 144 valence electrons. The maximum atomic E-state index is 13.3. The van der Waals surface area contributed by atoms with Crippen LogP contribution in [0.15, 0.2) is 36.4 Å². The summed E-state index contributed by atoms with van der Waals surface area (Å²) < 4.78 is 23.8. The van der Waals surface area contributed by atoms with Crippen LogP contribution in [0.4, 0.5) is 20.7 Å². The molecule has 7 nitrogen and oxygen atoms in total. The number of rotatable bonds is 5. The number of hydrogen-bond donors (Lipinski definition) is 1. The van der Waals surface area contributed by atoms with E-state index < -0.39 is 5.82 Å². The topological polar surface area (TPSA) is 66.9 Å². The highest BCUT2D eigenvalue weighted by atomic mass is 19.1. The van der Waals surface area contributed by atoms with E-state index in [0.29, 0.717) is 50.1 Å². The molecule has 1 aromatic carbocycles. The van der Waals surface area contributed by atoms with Gasteiger partial charge in [0, 0.05) is 38.3 Å². The minimum Gasteiger partial charge on any atom is -0.494 e. The summed E-state index contributed by atoms with van der Waals surface area (Å²) in [6, 6.07) is 9.45. The quantitative estimate of drug-likeness (QED) is 0.872. The van der Waals surface area contributed by atoms with Gasteiger partial charge in [0.25, 0.3) is 0 Å². The second kappa shape index (κ2) is 8.57. The Bertz CT molecular complexity index is 794. The number of aromatic nitrogens is 1. The molecular formula is C19H23FN4O3. The van der Waals surface area contributed by atoms with Gasteiger partial charge in [0.2, 0.25) is 5.88 Å². The largest absolute Gasteiger partial charge is 0.494 e. The molecule has 1 saturated heterocycles. The second-order valence-corrected chi connectivity index (χ2v) is 6.02. The molecule has 0 spiro atoms. The third-order valence-corrected chi connectivity index (χ3v) is 4.30. The van der Waals surface area contributed by atoms with Crippen LogP contribution in [0.1, 0.15) is 6.92 Å². The van der Waals surface area contributed by atoms with Crippen molar-refractivity contribution < 1.29 is 18.7 Å². The fraction of sp³-hybridized carbons (Fsp3) is 0.368. The number of hydrogen-bond acceptors (Lipinski definition) is 5. The van der Waals surface area contributed by atoms with Gasteiger partial charge in [0.05, 0.1) is 19.4 Å². The van der Waals surface area contributed by atoms with Gasteiger partial charge in [0.1, 0.15) is 17.4 Å². The summed E-state index contributed by atoms with van der Waals surface area (Å²) in [6.45, 7) is 4.91. The van der Waals surface area contributed by atoms with E-state index in [0.717, 1.165) is 5.82 Å². The van der Waals surface area contributed by atoms with Crippen LogP contribution >= 0.6 is 0 Å². The molecule has 1 aliphatic heterocycles. The van der Waals surface area contributed by atoms with Gasteiger partial charge in [-0.2, -0.15) is 4.98 Å². The molecule has 3 rings (SSSR count). The molecular weight excluding hydrogens is 351 g/mol. The molecule has 0 unspecified atom stereocenters. The summed E-state index contributed by atoms with van der Waals surface area (Å²) in [5.74, 6) is 1.30. The molecule has 2 aromatic rings. The normalized spacial score (nSPS) is 14.0. The van der Waals surface area contributed by atoms with E-state index in [-0.39, 0.29) is 6.03 Å². The summed E-state index contributed by atoms with van der Waals surface area (Å²) in [7, 11) is 1.44. The van der Waals surface area contributed by atoms with E-state index in [1.807, 2.05) is 25.1 Å². The fourth-order valence-electron chi connectivity index (χ4n) is 2.91. The molecule has 0 aliphatic carbocycles. The molecule has 8 heteroatoms. The van der Waals surface area contributed by atoms with Crippen LogP contribution in [0, 0.1) is 5.82 Å². The monoisotopic (exact) mass is 374 g/mol. The third-order valence-electron chi connectivity index (χ3n) is 4.30. The predicted molar refractivity (Wildman–Crippen MR) is 101 cm³/mol. The van der Waals surface area contributed by atoms with Gasteiger partial charge >= 0.3 is 6.03 Å². The van der Waals surface area contributed by atoms with Crippen LogP contribution in [-0.2, 0) is 0 Å². The van der Waals surface area contributed by atoms with Gasteiger partial charge in [-0.3, -0.25) is 0 Å². The average molecular weight is 374 g/mol. The van der Waals surface area contributed by atoms with E-state index in [1.165, 1.54) is 25.3 Å². The summed E-state index contributed by atoms with van der Waals surface area (Å²) in [5, 5.41) is 2.78. The van der Waals surface area contributed by atoms with E-state index in [1.54, 1.807) is 4.90 Å². The number of piperazine rings is 1. The number of carbonyl (C=O) groups excluding carboxylic acids is 1. The molecule has 0 bridgehead atoms. The first kappa shape index (κ1) is 18.8. The van der Waals surface area contributed by atoms with Gasteiger partial charge in [-0.25, -0.2) is 9.18 Å². The van der Waals surface area contributed by atoms with Gasteiger partial charge in [-0.1, -0.05) is 6.07 Å². The number of halogens is 1. The zero-order chi connectivity index (χ0) is 19.2. The molecule has 1 aromatic heterocycles. The number of anilines is 2. The first-order chi connectivity index (χ1) is 13.1. The fourth-order valence-corrected chi connectivity index (χ4v) is 2.91. The molecule has 1 aliphatic rings. The number of urea groups is 1. The molecule has 27 heavy (non-hydrogen) atoms. The van der Waals surface area contributed by atoms with Crippen molar-refractivity contribution in [3.05, 3.63) is 42.2 Å². The van der Waals surface area contributed by atoms with Crippen LogP contribution < -0.4 is 19.7 Å². The van der Waals surface area contributed by atoms with Crippen molar-refractivity contribution in [1.82, 2.24) is 9.88 Å². The Morgan fingerprint density at radius 2 is 2.00 bits per heavy atom. The maximum absolute atomic E-state index is 13.3.